The van der Waals surface area contributed by atoms with Crippen LogP contribution in [0.3, 0.4) is 0 Å². The zero-order valence-corrected chi connectivity index (χ0v) is 18.9. The van der Waals surface area contributed by atoms with Gasteiger partial charge in [-0.25, -0.2) is 18.7 Å². The summed E-state index contributed by atoms with van der Waals surface area (Å²) in [5.74, 6) is -3.40. The minimum Gasteiger partial charge on any atom is -0.378 e. The van der Waals surface area contributed by atoms with Crippen LogP contribution in [0.25, 0.3) is 0 Å². The maximum Gasteiger partial charge on any atom is 0.418 e. The molecule has 0 saturated carbocycles. The molecule has 2 amide bonds. The third-order valence-corrected chi connectivity index (χ3v) is 5.55. The maximum absolute atomic E-state index is 14.7. The number of carbonyl (C=O) groups excluding carboxylic acids is 2. The zero-order chi connectivity index (χ0) is 26.6. The van der Waals surface area contributed by atoms with Crippen LogP contribution >= 0.6 is 0 Å². The van der Waals surface area contributed by atoms with Crippen LogP contribution in [0.2, 0.25) is 0 Å². The maximum atomic E-state index is 14.7. The molecular formula is C23H19F5N6O3. The molecule has 194 valence electrons. The molecule has 0 radical (unpaired) electrons. The van der Waals surface area contributed by atoms with Gasteiger partial charge >= 0.3 is 6.18 Å². The number of pyridine rings is 1. The van der Waals surface area contributed by atoms with Crippen molar-refractivity contribution in [1.82, 2.24) is 25.6 Å². The van der Waals surface area contributed by atoms with Gasteiger partial charge in [0, 0.05) is 31.5 Å². The molecule has 14 heteroatoms. The Morgan fingerprint density at radius 1 is 1.08 bits per heavy atom. The van der Waals surface area contributed by atoms with Gasteiger partial charge in [0.15, 0.2) is 0 Å². The van der Waals surface area contributed by atoms with E-state index in [1.54, 1.807) is 0 Å². The lowest BCUT2D eigenvalue weighted by Crippen LogP contribution is -2.59. The zero-order valence-electron chi connectivity index (χ0n) is 18.9. The number of hydrogen-bond acceptors (Lipinski definition) is 7. The number of halogens is 5. The molecule has 0 bridgehead atoms. The summed E-state index contributed by atoms with van der Waals surface area (Å²) in [5, 5.41) is 7.31. The van der Waals surface area contributed by atoms with Crippen molar-refractivity contribution in [2.75, 3.05) is 18.5 Å². The lowest BCUT2D eigenvalue weighted by atomic mass is 9.96. The van der Waals surface area contributed by atoms with Crippen molar-refractivity contribution in [3.05, 3.63) is 77.6 Å². The monoisotopic (exact) mass is 522 g/mol. The van der Waals surface area contributed by atoms with E-state index in [9.17, 15) is 31.5 Å². The molecule has 1 aliphatic heterocycles. The third kappa shape index (κ3) is 5.80. The third-order valence-electron chi connectivity index (χ3n) is 5.55. The lowest BCUT2D eigenvalue weighted by molar-refractivity contribution is -0.137. The number of para-hydroxylation sites is 1. The van der Waals surface area contributed by atoms with Crippen LogP contribution in [0.5, 0.6) is 0 Å². The van der Waals surface area contributed by atoms with E-state index in [2.05, 4.69) is 30.9 Å². The van der Waals surface area contributed by atoms with Gasteiger partial charge < -0.3 is 20.7 Å². The second kappa shape index (κ2) is 10.4. The number of aromatic nitrogens is 3. The van der Waals surface area contributed by atoms with E-state index in [0.29, 0.717) is 6.07 Å². The Bertz CT molecular complexity index is 1300. The molecular weight excluding hydrogens is 503 g/mol. The van der Waals surface area contributed by atoms with Crippen LogP contribution in [0.1, 0.15) is 28.0 Å². The van der Waals surface area contributed by atoms with E-state index in [1.165, 1.54) is 18.7 Å². The van der Waals surface area contributed by atoms with Gasteiger partial charge in [0.05, 0.1) is 47.5 Å². The predicted molar refractivity (Wildman–Crippen MR) is 118 cm³/mol. The number of benzene rings is 1. The number of nitrogens with zero attached hydrogens (tertiary/aromatic N) is 3. The van der Waals surface area contributed by atoms with Gasteiger partial charge in [-0.2, -0.15) is 13.2 Å². The van der Waals surface area contributed by atoms with E-state index in [0.717, 1.165) is 24.4 Å². The topological polar surface area (TPSA) is 118 Å². The van der Waals surface area contributed by atoms with E-state index < -0.39 is 53.0 Å². The number of anilines is 2. The van der Waals surface area contributed by atoms with Gasteiger partial charge in [0.2, 0.25) is 5.91 Å². The van der Waals surface area contributed by atoms with Gasteiger partial charge in [0.25, 0.3) is 5.91 Å². The number of nitrogens with one attached hydrogen (secondary N) is 3. The smallest absolute Gasteiger partial charge is 0.378 e. The Balaban J connectivity index is 1.45. The standard InChI is InChI=1S/C23H19F5N6O3/c24-16-3-1-2-15(23(26,27)28)19(16)33-14-6-17(25)18(31-9-14)10-32-21(36)22(4-5-37-11-22)34-20(35)13-7-29-12-30-8-13/h1-3,6-9,12,33H,4-5,10-11H2,(H,32,36)(H,34,35)/t22-/m0/s1. The molecule has 2 aromatic heterocycles. The van der Waals surface area contributed by atoms with Crippen LogP contribution in [0.4, 0.5) is 33.3 Å². The van der Waals surface area contributed by atoms with Crippen molar-refractivity contribution in [3.63, 3.8) is 0 Å². The van der Waals surface area contributed by atoms with Crippen molar-refractivity contribution in [2.24, 2.45) is 0 Å². The number of hydrogen-bond donors (Lipinski definition) is 3. The highest BCUT2D eigenvalue weighted by atomic mass is 19.4. The molecule has 1 atom stereocenters. The highest BCUT2D eigenvalue weighted by Crippen LogP contribution is 2.37. The molecule has 1 aromatic carbocycles. The molecule has 1 fully saturated rings. The normalized spacial score (nSPS) is 17.3. The van der Waals surface area contributed by atoms with Crippen LogP contribution in [-0.2, 0) is 22.3 Å². The Kier molecular flexibility index (Phi) is 7.29. The first-order valence-corrected chi connectivity index (χ1v) is 10.8. The van der Waals surface area contributed by atoms with E-state index in [4.69, 9.17) is 4.74 Å². The Hall–Kier alpha value is -4.20. The Morgan fingerprint density at radius 3 is 2.49 bits per heavy atom. The van der Waals surface area contributed by atoms with Crippen molar-refractivity contribution in [3.8, 4) is 0 Å². The minimum absolute atomic E-state index is 0.124. The molecule has 3 N–H and O–H groups in total. The summed E-state index contributed by atoms with van der Waals surface area (Å²) in [7, 11) is 0. The molecule has 0 spiro atoms. The van der Waals surface area contributed by atoms with Gasteiger partial charge in [0.1, 0.15) is 23.5 Å². The van der Waals surface area contributed by atoms with Gasteiger partial charge in [-0.3, -0.25) is 14.6 Å². The molecule has 0 aliphatic carbocycles. The Morgan fingerprint density at radius 2 is 1.84 bits per heavy atom. The van der Waals surface area contributed by atoms with E-state index in [-0.39, 0.29) is 36.6 Å². The van der Waals surface area contributed by atoms with E-state index in [1.807, 2.05) is 0 Å². The fraction of sp³-hybridized carbons (Fsp3) is 0.261. The summed E-state index contributed by atoms with van der Waals surface area (Å²) in [4.78, 5) is 36.8. The molecule has 3 aromatic rings. The number of carbonyl (C=O) groups is 2. The number of alkyl halides is 3. The summed E-state index contributed by atoms with van der Waals surface area (Å²) in [6.07, 6.45) is 0.106. The number of amides is 2. The van der Waals surface area contributed by atoms with Gasteiger partial charge in [-0.05, 0) is 12.1 Å². The first-order valence-electron chi connectivity index (χ1n) is 10.8. The molecule has 37 heavy (non-hydrogen) atoms. The second-order valence-corrected chi connectivity index (χ2v) is 8.09. The van der Waals surface area contributed by atoms with Crippen molar-refractivity contribution >= 4 is 23.2 Å². The van der Waals surface area contributed by atoms with Crippen LogP contribution < -0.4 is 16.0 Å². The first-order chi connectivity index (χ1) is 17.6. The molecule has 3 heterocycles. The van der Waals surface area contributed by atoms with Gasteiger partial charge in [-0.15, -0.1) is 0 Å². The quantitative estimate of drug-likeness (QED) is 0.408. The Labute approximate surface area is 206 Å². The highest BCUT2D eigenvalue weighted by Gasteiger charge is 2.44. The molecule has 0 unspecified atom stereocenters. The molecule has 4 rings (SSSR count). The fourth-order valence-electron chi connectivity index (χ4n) is 3.63. The van der Waals surface area contributed by atoms with Gasteiger partial charge in [-0.1, -0.05) is 6.07 Å². The lowest BCUT2D eigenvalue weighted by Gasteiger charge is -2.27. The largest absolute Gasteiger partial charge is 0.418 e. The highest BCUT2D eigenvalue weighted by molar-refractivity contribution is 5.99. The summed E-state index contributed by atoms with van der Waals surface area (Å²) >= 11 is 0. The van der Waals surface area contributed by atoms with Crippen LogP contribution in [-0.4, -0.2) is 45.5 Å². The first kappa shape index (κ1) is 25.9. The second-order valence-electron chi connectivity index (χ2n) is 8.09. The van der Waals surface area contributed by atoms with Crippen molar-refractivity contribution in [1.29, 1.82) is 0 Å². The fourth-order valence-corrected chi connectivity index (χ4v) is 3.63. The average Bonchev–Trinajstić information content (AvgIpc) is 3.34. The SMILES string of the molecule is O=C(N[C@@]1(C(=O)NCc2ncc(Nc3c(F)cccc3C(F)(F)F)cc2F)CCOC1)c1cncnc1. The molecule has 9 nitrogen and oxygen atoms in total. The molecule has 1 saturated heterocycles. The summed E-state index contributed by atoms with van der Waals surface area (Å²) in [6, 6.07) is 3.25. The van der Waals surface area contributed by atoms with Crippen LogP contribution in [0, 0.1) is 11.6 Å². The number of rotatable bonds is 7. The van der Waals surface area contributed by atoms with Crippen molar-refractivity contribution in [2.45, 2.75) is 24.7 Å². The average molecular weight is 522 g/mol. The predicted octanol–water partition coefficient (Wildman–Crippen LogP) is 3.12. The summed E-state index contributed by atoms with van der Waals surface area (Å²) < 4.78 is 73.6. The van der Waals surface area contributed by atoms with E-state index >= 15 is 0 Å². The summed E-state index contributed by atoms with van der Waals surface area (Å²) in [6.45, 7) is -0.326. The summed E-state index contributed by atoms with van der Waals surface area (Å²) in [5.41, 5.74) is -3.91. The van der Waals surface area contributed by atoms with Crippen molar-refractivity contribution < 1.29 is 36.3 Å². The minimum atomic E-state index is -4.84. The molecule has 1 aliphatic rings. The number of ether oxygens (including phenoxy) is 1. The van der Waals surface area contributed by atoms with Crippen LogP contribution in [0.15, 0.2) is 49.2 Å².